The largest absolute Gasteiger partial charge is 0.497 e. The molecule has 3 nitrogen and oxygen atoms in total. The van der Waals surface area contributed by atoms with Gasteiger partial charge in [0.2, 0.25) is 0 Å². The monoisotopic (exact) mass is 260 g/mol. The Morgan fingerprint density at radius 3 is 2.79 bits per heavy atom. The highest BCUT2D eigenvalue weighted by Gasteiger charge is 2.40. The Morgan fingerprint density at radius 2 is 2.16 bits per heavy atom. The third-order valence-electron chi connectivity index (χ3n) is 4.48. The molecular weight excluding hydrogens is 236 g/mol. The zero-order valence-electron chi connectivity index (χ0n) is 11.9. The average Bonchev–Trinajstić information content (AvgIpc) is 3.22. The zero-order chi connectivity index (χ0) is 13.4. The van der Waals surface area contributed by atoms with Crippen molar-refractivity contribution in [3.05, 3.63) is 29.3 Å². The molecule has 2 aliphatic rings. The molecule has 2 unspecified atom stereocenters. The maximum absolute atomic E-state index is 6.51. The summed E-state index contributed by atoms with van der Waals surface area (Å²) in [7, 11) is 1.72. The Morgan fingerprint density at radius 1 is 1.37 bits per heavy atom. The molecule has 0 radical (unpaired) electrons. The minimum absolute atomic E-state index is 0.136. The van der Waals surface area contributed by atoms with Gasteiger partial charge in [0.15, 0.2) is 0 Å². The zero-order valence-corrected chi connectivity index (χ0v) is 11.9. The number of fused-ring (bicyclic) bond motifs is 1. The first-order valence-corrected chi connectivity index (χ1v) is 7.42. The Balaban J connectivity index is 1.83. The molecule has 2 atom stereocenters. The number of benzene rings is 1. The molecule has 2 N–H and O–H groups in total. The van der Waals surface area contributed by atoms with Crippen molar-refractivity contribution in [2.24, 2.45) is 5.73 Å². The molecule has 3 rings (SSSR count). The van der Waals surface area contributed by atoms with Crippen LogP contribution in [0.3, 0.4) is 0 Å². The van der Waals surface area contributed by atoms with Crippen LogP contribution in [0.15, 0.2) is 18.2 Å². The lowest BCUT2D eigenvalue weighted by molar-refractivity contribution is 0.170. The minimum atomic E-state index is 0.136. The number of rotatable bonds is 5. The van der Waals surface area contributed by atoms with Crippen LogP contribution in [0.25, 0.3) is 0 Å². The second kappa shape index (κ2) is 5.14. The van der Waals surface area contributed by atoms with Gasteiger partial charge < -0.3 is 10.5 Å². The predicted molar refractivity (Wildman–Crippen MR) is 77.4 cm³/mol. The molecule has 0 saturated heterocycles. The van der Waals surface area contributed by atoms with Crippen LogP contribution in [0.2, 0.25) is 0 Å². The number of nitrogens with zero attached hydrogens (tertiary/aromatic N) is 1. The third-order valence-corrected chi connectivity index (χ3v) is 4.48. The summed E-state index contributed by atoms with van der Waals surface area (Å²) in [5.41, 5.74) is 9.20. The van der Waals surface area contributed by atoms with E-state index >= 15 is 0 Å². The highest BCUT2D eigenvalue weighted by atomic mass is 16.5. The molecule has 0 aromatic heterocycles. The van der Waals surface area contributed by atoms with E-state index in [0.29, 0.717) is 6.04 Å². The second-order valence-corrected chi connectivity index (χ2v) is 5.83. The molecule has 1 aromatic rings. The van der Waals surface area contributed by atoms with Crippen LogP contribution in [0.4, 0.5) is 0 Å². The van der Waals surface area contributed by atoms with Crippen molar-refractivity contribution in [2.45, 2.75) is 50.7 Å². The summed E-state index contributed by atoms with van der Waals surface area (Å²) < 4.78 is 5.32. The van der Waals surface area contributed by atoms with Gasteiger partial charge in [-0.3, -0.25) is 4.90 Å². The van der Waals surface area contributed by atoms with Gasteiger partial charge >= 0.3 is 0 Å². The quantitative estimate of drug-likeness (QED) is 0.884. The Hall–Kier alpha value is -1.06. The fourth-order valence-electron chi connectivity index (χ4n) is 3.36. The van der Waals surface area contributed by atoms with Crippen LogP contribution < -0.4 is 10.5 Å². The van der Waals surface area contributed by atoms with Crippen LogP contribution in [-0.4, -0.2) is 30.6 Å². The summed E-state index contributed by atoms with van der Waals surface area (Å²) in [5.74, 6) is 0.920. The normalized spacial score (nSPS) is 25.7. The van der Waals surface area contributed by atoms with E-state index in [1.165, 1.54) is 36.9 Å². The highest BCUT2D eigenvalue weighted by molar-refractivity contribution is 5.42. The van der Waals surface area contributed by atoms with Crippen LogP contribution in [0, 0.1) is 0 Å². The van der Waals surface area contributed by atoms with E-state index in [1.807, 2.05) is 0 Å². The highest BCUT2D eigenvalue weighted by Crippen LogP contribution is 2.39. The number of hydrogen-bond acceptors (Lipinski definition) is 3. The molecule has 1 saturated carbocycles. The molecule has 0 spiro atoms. The van der Waals surface area contributed by atoms with Crippen molar-refractivity contribution < 1.29 is 4.74 Å². The van der Waals surface area contributed by atoms with Crippen molar-refractivity contribution in [1.82, 2.24) is 4.90 Å². The number of ether oxygens (including phenoxy) is 1. The van der Waals surface area contributed by atoms with Gasteiger partial charge in [-0.2, -0.15) is 0 Å². The van der Waals surface area contributed by atoms with Gasteiger partial charge in [-0.15, -0.1) is 0 Å². The van der Waals surface area contributed by atoms with E-state index in [-0.39, 0.29) is 6.04 Å². The lowest BCUT2D eigenvalue weighted by Crippen LogP contribution is -2.43. The predicted octanol–water partition coefficient (Wildman–Crippen LogP) is 2.49. The van der Waals surface area contributed by atoms with Gasteiger partial charge in [-0.05, 0) is 55.5 Å². The summed E-state index contributed by atoms with van der Waals surface area (Å²) in [6.45, 7) is 3.43. The molecule has 0 bridgehead atoms. The second-order valence-electron chi connectivity index (χ2n) is 5.83. The summed E-state index contributed by atoms with van der Waals surface area (Å²) in [5, 5.41) is 0. The first-order chi connectivity index (χ1) is 9.24. The first-order valence-electron chi connectivity index (χ1n) is 7.42. The standard InChI is InChI=1S/C16H24N2O/c1-3-8-18(12-5-6-12)15-9-11-4-7-13(19-2)10-14(11)16(15)17/h4,7,10,12,15-16H,3,5-6,8-9,17H2,1-2H3. The first kappa shape index (κ1) is 12.9. The molecular formula is C16H24N2O. The summed E-state index contributed by atoms with van der Waals surface area (Å²) in [6, 6.07) is 7.76. The van der Waals surface area contributed by atoms with Gasteiger partial charge in [0.05, 0.1) is 7.11 Å². The smallest absolute Gasteiger partial charge is 0.119 e. The van der Waals surface area contributed by atoms with Gasteiger partial charge in [0.25, 0.3) is 0 Å². The van der Waals surface area contributed by atoms with Gasteiger partial charge in [-0.1, -0.05) is 13.0 Å². The topological polar surface area (TPSA) is 38.5 Å². The maximum atomic E-state index is 6.51. The number of nitrogens with two attached hydrogens (primary N) is 1. The van der Waals surface area contributed by atoms with Crippen LogP contribution in [-0.2, 0) is 6.42 Å². The van der Waals surface area contributed by atoms with E-state index in [4.69, 9.17) is 10.5 Å². The average molecular weight is 260 g/mol. The van der Waals surface area contributed by atoms with Gasteiger partial charge in [-0.25, -0.2) is 0 Å². The van der Waals surface area contributed by atoms with Crippen molar-refractivity contribution in [3.63, 3.8) is 0 Å². The minimum Gasteiger partial charge on any atom is -0.497 e. The molecule has 0 aliphatic heterocycles. The Bertz CT molecular complexity index is 456. The van der Waals surface area contributed by atoms with Crippen molar-refractivity contribution in [3.8, 4) is 5.75 Å². The SMILES string of the molecule is CCCN(C1CC1)C1Cc2ccc(OC)cc2C1N. The molecule has 1 aromatic carbocycles. The molecule has 0 heterocycles. The third kappa shape index (κ3) is 2.37. The molecule has 2 aliphatic carbocycles. The van der Waals surface area contributed by atoms with E-state index in [0.717, 1.165) is 18.2 Å². The van der Waals surface area contributed by atoms with E-state index in [2.05, 4.69) is 30.0 Å². The molecule has 19 heavy (non-hydrogen) atoms. The molecule has 1 fully saturated rings. The van der Waals surface area contributed by atoms with Crippen molar-refractivity contribution in [2.75, 3.05) is 13.7 Å². The van der Waals surface area contributed by atoms with E-state index in [9.17, 15) is 0 Å². The van der Waals surface area contributed by atoms with Gasteiger partial charge in [0, 0.05) is 18.1 Å². The van der Waals surface area contributed by atoms with Crippen molar-refractivity contribution in [1.29, 1.82) is 0 Å². The van der Waals surface area contributed by atoms with Crippen molar-refractivity contribution >= 4 is 0 Å². The number of methoxy groups -OCH3 is 1. The molecule has 104 valence electrons. The fourth-order valence-corrected chi connectivity index (χ4v) is 3.36. The molecule has 0 amide bonds. The Labute approximate surface area is 115 Å². The maximum Gasteiger partial charge on any atom is 0.119 e. The van der Waals surface area contributed by atoms with Gasteiger partial charge in [0.1, 0.15) is 5.75 Å². The Kier molecular flexibility index (Phi) is 3.50. The van der Waals surface area contributed by atoms with Crippen LogP contribution in [0.5, 0.6) is 5.75 Å². The van der Waals surface area contributed by atoms with E-state index < -0.39 is 0 Å². The number of hydrogen-bond donors (Lipinski definition) is 1. The summed E-state index contributed by atoms with van der Waals surface area (Å²) >= 11 is 0. The van der Waals surface area contributed by atoms with Crippen LogP contribution >= 0.6 is 0 Å². The fraction of sp³-hybridized carbons (Fsp3) is 0.625. The van der Waals surface area contributed by atoms with E-state index in [1.54, 1.807) is 7.11 Å². The summed E-state index contributed by atoms with van der Waals surface area (Å²) in [6.07, 6.45) is 5.00. The lowest BCUT2D eigenvalue weighted by atomic mass is 10.1. The summed E-state index contributed by atoms with van der Waals surface area (Å²) in [4.78, 5) is 2.65. The lowest BCUT2D eigenvalue weighted by Gasteiger charge is -2.31. The van der Waals surface area contributed by atoms with Crippen LogP contribution in [0.1, 0.15) is 43.4 Å². The molecule has 3 heteroatoms.